The van der Waals surface area contributed by atoms with Crippen LogP contribution in [0.3, 0.4) is 0 Å². The second kappa shape index (κ2) is 6.12. The van der Waals surface area contributed by atoms with Crippen LogP contribution in [0, 0.1) is 0 Å². The van der Waals surface area contributed by atoms with Gasteiger partial charge in [-0.25, -0.2) is 9.36 Å². The van der Waals surface area contributed by atoms with Crippen LogP contribution < -0.4 is 5.32 Å². The molecule has 0 aliphatic rings. The number of hydrogen-bond donors (Lipinski definition) is 3. The first-order valence-corrected chi connectivity index (χ1v) is 6.88. The molecule has 0 heterocycles. The SMILES string of the molecule is [2H]C(CSP(=O)(O)O)(NC(C)=O)C(=O)OC. The minimum Gasteiger partial charge on any atom is -0.467 e. The minimum atomic E-state index is -4.42. The molecule has 1 atom stereocenters. The van der Waals surface area contributed by atoms with Crippen molar-refractivity contribution in [1.82, 2.24) is 5.32 Å². The molecule has 0 aromatic carbocycles. The Bertz CT molecular complexity index is 333. The van der Waals surface area contributed by atoms with Crippen molar-refractivity contribution in [3.63, 3.8) is 0 Å². The largest absolute Gasteiger partial charge is 0.467 e. The van der Waals surface area contributed by atoms with Gasteiger partial charge in [-0.15, -0.1) is 0 Å². The summed E-state index contributed by atoms with van der Waals surface area (Å²) < 4.78 is 22.4. The second-order valence-electron chi connectivity index (χ2n) is 2.42. The molecule has 0 radical (unpaired) electrons. The Morgan fingerprint density at radius 2 is 2.20 bits per heavy atom. The van der Waals surface area contributed by atoms with Gasteiger partial charge in [-0.05, 0) is 11.4 Å². The van der Waals surface area contributed by atoms with Crippen molar-refractivity contribution in [2.24, 2.45) is 0 Å². The molecule has 0 spiro atoms. The highest BCUT2D eigenvalue weighted by Gasteiger charge is 2.24. The molecule has 88 valence electrons. The smallest absolute Gasteiger partial charge is 0.384 e. The molecular formula is C6H12NO6PS. The first-order valence-electron chi connectivity index (χ1n) is 4.18. The molecule has 0 rings (SSSR count). The number of carbonyl (C=O) groups excluding carboxylic acids is 2. The lowest BCUT2D eigenvalue weighted by Crippen LogP contribution is -2.42. The predicted octanol–water partition coefficient (Wildman–Crippen LogP) is -0.510. The van der Waals surface area contributed by atoms with Crippen molar-refractivity contribution in [3.05, 3.63) is 0 Å². The third-order valence-corrected chi connectivity index (χ3v) is 3.29. The van der Waals surface area contributed by atoms with Crippen molar-refractivity contribution in [2.75, 3.05) is 12.9 Å². The third kappa shape index (κ3) is 7.38. The zero-order chi connectivity index (χ0) is 13.0. The first kappa shape index (κ1) is 12.5. The molecule has 1 unspecified atom stereocenters. The molecule has 1 amide bonds. The summed E-state index contributed by atoms with van der Waals surface area (Å²) in [6.07, 6.45) is 0. The summed E-state index contributed by atoms with van der Waals surface area (Å²) in [5.41, 5.74) is 0. The maximum absolute atomic E-state index is 11.2. The highest BCUT2D eigenvalue weighted by molar-refractivity contribution is 8.54. The Hall–Kier alpha value is -0.560. The van der Waals surface area contributed by atoms with Crippen LogP contribution in [-0.4, -0.2) is 40.5 Å². The number of hydrogen-bond acceptors (Lipinski definition) is 5. The van der Waals surface area contributed by atoms with Gasteiger partial charge in [0.15, 0.2) is 0 Å². The average molecular weight is 258 g/mol. The summed E-state index contributed by atoms with van der Waals surface area (Å²) >= 11 is 0.0898. The Morgan fingerprint density at radius 1 is 1.67 bits per heavy atom. The van der Waals surface area contributed by atoms with Gasteiger partial charge >= 0.3 is 12.8 Å². The fraction of sp³-hybridized carbons (Fsp3) is 0.667. The van der Waals surface area contributed by atoms with E-state index in [0.29, 0.717) is 0 Å². The van der Waals surface area contributed by atoms with Crippen molar-refractivity contribution in [3.8, 4) is 0 Å². The fourth-order valence-corrected chi connectivity index (χ4v) is 2.01. The second-order valence-corrected chi connectivity index (χ2v) is 6.14. The van der Waals surface area contributed by atoms with Gasteiger partial charge < -0.3 is 19.8 Å². The molecule has 9 heteroatoms. The van der Waals surface area contributed by atoms with E-state index in [1.54, 1.807) is 0 Å². The summed E-state index contributed by atoms with van der Waals surface area (Å²) in [6, 6.07) is -2.20. The van der Waals surface area contributed by atoms with Crippen molar-refractivity contribution < 1.29 is 30.0 Å². The number of amides is 1. The number of ether oxygens (including phenoxy) is 1. The molecule has 0 fully saturated rings. The fourth-order valence-electron chi connectivity index (χ4n) is 0.630. The Labute approximate surface area is 91.9 Å². The number of nitrogens with one attached hydrogen (secondary N) is 1. The molecule has 0 saturated heterocycles. The molecule has 0 aromatic heterocycles. The van der Waals surface area contributed by atoms with Crippen LogP contribution in [0.25, 0.3) is 0 Å². The van der Waals surface area contributed by atoms with Gasteiger partial charge in [-0.2, -0.15) is 0 Å². The average Bonchev–Trinajstić information content (AvgIpc) is 2.11. The van der Waals surface area contributed by atoms with Crippen LogP contribution >= 0.6 is 18.2 Å². The summed E-state index contributed by atoms with van der Waals surface area (Å²) in [6.45, 7) is -3.34. The lowest BCUT2D eigenvalue weighted by molar-refractivity contribution is -0.144. The quantitative estimate of drug-likeness (QED) is 0.449. The topological polar surface area (TPSA) is 113 Å². The maximum Gasteiger partial charge on any atom is 0.384 e. The highest BCUT2D eigenvalue weighted by Crippen LogP contribution is 2.50. The van der Waals surface area contributed by atoms with E-state index in [1.165, 1.54) is 0 Å². The van der Waals surface area contributed by atoms with Gasteiger partial charge in [-0.1, -0.05) is 0 Å². The highest BCUT2D eigenvalue weighted by atomic mass is 32.7. The molecule has 3 N–H and O–H groups in total. The number of carbonyl (C=O) groups is 2. The van der Waals surface area contributed by atoms with E-state index in [2.05, 4.69) is 4.74 Å². The summed E-state index contributed by atoms with van der Waals surface area (Å²) in [5, 5.41) is 1.97. The maximum atomic E-state index is 11.2. The molecule has 0 aromatic rings. The molecule has 0 bridgehead atoms. The zero-order valence-electron chi connectivity index (χ0n) is 9.09. The Balaban J connectivity index is 4.73. The monoisotopic (exact) mass is 258 g/mol. The molecule has 0 aliphatic carbocycles. The van der Waals surface area contributed by atoms with Crippen LogP contribution in [-0.2, 0) is 18.9 Å². The van der Waals surface area contributed by atoms with E-state index in [4.69, 9.17) is 11.2 Å². The van der Waals surface area contributed by atoms with Gasteiger partial charge in [0, 0.05) is 12.7 Å². The van der Waals surface area contributed by atoms with Gasteiger partial charge in [0.05, 0.1) is 8.48 Å². The lowest BCUT2D eigenvalue weighted by atomic mass is 10.3. The van der Waals surface area contributed by atoms with Gasteiger partial charge in [0.1, 0.15) is 6.02 Å². The molecule has 0 aliphatic heterocycles. The summed E-state index contributed by atoms with van der Waals surface area (Å²) in [4.78, 5) is 39.1. The van der Waals surface area contributed by atoms with Crippen molar-refractivity contribution in [2.45, 2.75) is 12.9 Å². The number of rotatable bonds is 5. The number of methoxy groups -OCH3 is 1. The molecule has 15 heavy (non-hydrogen) atoms. The van der Waals surface area contributed by atoms with Crippen LogP contribution in [0.4, 0.5) is 0 Å². The van der Waals surface area contributed by atoms with E-state index in [1.807, 2.05) is 5.32 Å². The molecule has 0 saturated carbocycles. The standard InChI is InChI=1S/C6H12NO6PS/c1-4(8)7-5(6(9)13-2)3-15-14(10,11)12/h5H,3H2,1-2H3,(H,7,8)(H2,10,11,12)/i5D. The molecule has 7 nitrogen and oxygen atoms in total. The first-order chi connectivity index (χ1) is 7.10. The Kier molecular flexibility index (Phi) is 5.10. The van der Waals surface area contributed by atoms with Crippen LogP contribution in [0.5, 0.6) is 0 Å². The van der Waals surface area contributed by atoms with E-state index in [9.17, 15) is 14.2 Å². The van der Waals surface area contributed by atoms with Gasteiger partial charge in [0.25, 0.3) is 0 Å². The van der Waals surface area contributed by atoms with Crippen molar-refractivity contribution >= 4 is 30.1 Å². The van der Waals surface area contributed by atoms with Crippen molar-refractivity contribution in [1.29, 1.82) is 0 Å². The third-order valence-electron chi connectivity index (χ3n) is 1.14. The van der Waals surface area contributed by atoms with Gasteiger partial charge in [0.2, 0.25) is 5.91 Å². The predicted molar refractivity (Wildman–Crippen MR) is 54.1 cm³/mol. The van der Waals surface area contributed by atoms with Crippen LogP contribution in [0.2, 0.25) is 0 Å². The minimum absolute atomic E-state index is 0.0898. The lowest BCUT2D eigenvalue weighted by Gasteiger charge is -2.14. The Morgan fingerprint density at radius 3 is 2.53 bits per heavy atom. The summed E-state index contributed by atoms with van der Waals surface area (Å²) in [5.74, 6) is -2.38. The van der Waals surface area contributed by atoms with E-state index in [0.717, 1.165) is 14.0 Å². The van der Waals surface area contributed by atoms with Crippen LogP contribution in [0.15, 0.2) is 0 Å². The van der Waals surface area contributed by atoms with E-state index < -0.39 is 30.4 Å². The van der Waals surface area contributed by atoms with E-state index >= 15 is 0 Å². The summed E-state index contributed by atoms with van der Waals surface area (Å²) in [7, 11) is 1.01. The zero-order valence-corrected chi connectivity index (χ0v) is 9.80. The van der Waals surface area contributed by atoms with Gasteiger partial charge in [-0.3, -0.25) is 4.79 Å². The van der Waals surface area contributed by atoms with E-state index in [-0.39, 0.29) is 11.4 Å². The molecular weight excluding hydrogens is 245 g/mol. The number of esters is 1. The normalized spacial score (nSPS) is 16.1. The van der Waals surface area contributed by atoms with Crippen LogP contribution in [0.1, 0.15) is 8.29 Å².